The number of hydrogen-bond acceptors (Lipinski definition) is 6. The van der Waals surface area contributed by atoms with Crippen LogP contribution in [-0.2, 0) is 0 Å². The molecule has 10 aromatic rings. The lowest BCUT2D eigenvalue weighted by Gasteiger charge is -2.26. The molecule has 7 aromatic carbocycles. The fraction of sp³-hybridized carbons (Fsp3) is 0.0213. The first-order valence-corrected chi connectivity index (χ1v) is 18.7. The van der Waals surface area contributed by atoms with Crippen LogP contribution in [0.5, 0.6) is 0 Å². The van der Waals surface area contributed by atoms with Crippen LogP contribution in [0.25, 0.3) is 74.9 Å². The fourth-order valence-corrected chi connectivity index (χ4v) is 9.27. The molecular formula is C47H28N6S. The standard InChI is InChI=1S/C47H28N6S/c48-27-28-11-10-14-30(25-28)45-50-46(52-47(51-45)53-39-19-8-5-15-32(39)33-16-6-9-20-40(33)53)31-21-24-41-37(26-31)34-22-23-36-42(44(34)54-41)35-17-4-7-18-38(35)49-43(36)29-12-2-1-3-13-29/h1-26,47H,(H,50,51,52). The molecule has 3 aromatic heterocycles. The molecule has 1 aliphatic rings. The van der Waals surface area contributed by atoms with Crippen molar-refractivity contribution in [2.24, 2.45) is 9.98 Å². The molecule has 1 unspecified atom stereocenters. The van der Waals surface area contributed by atoms with Gasteiger partial charge in [-0.3, -0.25) is 0 Å². The van der Waals surface area contributed by atoms with Gasteiger partial charge in [-0.1, -0.05) is 109 Å². The van der Waals surface area contributed by atoms with Crippen LogP contribution in [0, 0.1) is 11.3 Å². The second kappa shape index (κ2) is 12.0. The van der Waals surface area contributed by atoms with E-state index in [0.29, 0.717) is 11.4 Å². The summed E-state index contributed by atoms with van der Waals surface area (Å²) in [5.41, 5.74) is 7.56. The Morgan fingerprint density at radius 1 is 0.593 bits per heavy atom. The third kappa shape index (κ3) is 4.68. The second-order valence-corrected chi connectivity index (χ2v) is 14.6. The lowest BCUT2D eigenvalue weighted by Crippen LogP contribution is -2.36. The van der Waals surface area contributed by atoms with Gasteiger partial charge >= 0.3 is 0 Å². The van der Waals surface area contributed by atoms with Gasteiger partial charge in [-0.05, 0) is 48.5 Å². The number of aromatic nitrogens is 2. The van der Waals surface area contributed by atoms with E-state index in [1.807, 2.05) is 41.7 Å². The number of amidine groups is 2. The maximum absolute atomic E-state index is 9.75. The Hall–Kier alpha value is -7.14. The second-order valence-electron chi connectivity index (χ2n) is 13.5. The Labute approximate surface area is 313 Å². The highest BCUT2D eigenvalue weighted by atomic mass is 32.1. The molecule has 0 spiro atoms. The monoisotopic (exact) mass is 708 g/mol. The van der Waals surface area contributed by atoms with Crippen molar-refractivity contribution in [3.8, 4) is 17.3 Å². The number of nitrogens with one attached hydrogen (secondary N) is 1. The molecule has 6 nitrogen and oxygen atoms in total. The number of nitrogens with zero attached hydrogens (tertiary/aromatic N) is 5. The number of para-hydroxylation sites is 3. The van der Waals surface area contributed by atoms with Gasteiger partial charge in [-0.15, -0.1) is 11.3 Å². The zero-order valence-corrected chi connectivity index (χ0v) is 29.5. The van der Waals surface area contributed by atoms with Crippen LogP contribution in [0.3, 0.4) is 0 Å². The molecule has 7 heteroatoms. The van der Waals surface area contributed by atoms with Crippen molar-refractivity contribution in [2.45, 2.75) is 6.29 Å². The number of benzene rings is 7. The van der Waals surface area contributed by atoms with E-state index in [4.69, 9.17) is 15.0 Å². The van der Waals surface area contributed by atoms with E-state index in [1.165, 1.54) is 36.3 Å². The van der Waals surface area contributed by atoms with Crippen LogP contribution in [-0.4, -0.2) is 21.2 Å². The molecule has 4 heterocycles. The van der Waals surface area contributed by atoms with Crippen LogP contribution in [0.2, 0.25) is 0 Å². The first-order chi connectivity index (χ1) is 26.7. The predicted molar refractivity (Wildman–Crippen MR) is 223 cm³/mol. The van der Waals surface area contributed by atoms with E-state index in [9.17, 15) is 5.26 Å². The molecule has 1 N–H and O–H groups in total. The van der Waals surface area contributed by atoms with Crippen molar-refractivity contribution in [1.29, 1.82) is 5.26 Å². The van der Waals surface area contributed by atoms with Gasteiger partial charge in [0.2, 0.25) is 6.29 Å². The molecule has 252 valence electrons. The van der Waals surface area contributed by atoms with Crippen molar-refractivity contribution in [3.05, 3.63) is 174 Å². The number of thiophene rings is 1. The minimum Gasteiger partial charge on any atom is -0.331 e. The Morgan fingerprint density at radius 2 is 1.30 bits per heavy atom. The summed E-state index contributed by atoms with van der Waals surface area (Å²) in [5.74, 6) is 1.29. The molecule has 0 radical (unpaired) electrons. The number of aliphatic imine (C=N–C) groups is 2. The predicted octanol–water partition coefficient (Wildman–Crippen LogP) is 11.4. The summed E-state index contributed by atoms with van der Waals surface area (Å²) in [6.45, 7) is 0. The molecule has 0 aliphatic carbocycles. The van der Waals surface area contributed by atoms with E-state index >= 15 is 0 Å². The van der Waals surface area contributed by atoms with Crippen LogP contribution in [0.4, 0.5) is 0 Å². The summed E-state index contributed by atoms with van der Waals surface area (Å²) in [7, 11) is 0. The highest BCUT2D eigenvalue weighted by Crippen LogP contribution is 2.43. The minimum absolute atomic E-state index is 0.489. The Kier molecular flexibility index (Phi) is 6.75. The van der Waals surface area contributed by atoms with Crippen molar-refractivity contribution in [2.75, 3.05) is 0 Å². The fourth-order valence-electron chi connectivity index (χ4n) is 8.02. The number of pyridine rings is 1. The lowest BCUT2D eigenvalue weighted by atomic mass is 9.98. The highest BCUT2D eigenvalue weighted by molar-refractivity contribution is 7.26. The van der Waals surface area contributed by atoms with Crippen LogP contribution in [0.15, 0.2) is 168 Å². The summed E-state index contributed by atoms with van der Waals surface area (Å²) in [5, 5.41) is 21.7. The topological polar surface area (TPSA) is 78.4 Å². The smallest absolute Gasteiger partial charge is 0.204 e. The van der Waals surface area contributed by atoms with Gasteiger partial charge in [0.05, 0.1) is 33.9 Å². The quantitative estimate of drug-likeness (QED) is 0.185. The van der Waals surface area contributed by atoms with Gasteiger partial charge in [0.1, 0.15) is 5.84 Å². The lowest BCUT2D eigenvalue weighted by molar-refractivity contribution is 0.516. The summed E-state index contributed by atoms with van der Waals surface area (Å²) >= 11 is 1.82. The third-order valence-corrected chi connectivity index (χ3v) is 11.7. The first kappa shape index (κ1) is 30.5. The first-order valence-electron chi connectivity index (χ1n) is 17.9. The molecule has 11 rings (SSSR count). The molecule has 0 saturated carbocycles. The average molecular weight is 709 g/mol. The number of rotatable bonds is 4. The van der Waals surface area contributed by atoms with E-state index < -0.39 is 6.29 Å². The SMILES string of the molecule is N#Cc1cccc(C2=NC(n3c4ccccc4c4ccccc43)NC(c3ccc4sc5c(ccc6c(-c7ccccc7)nc7ccccc7c65)c4c3)=N2)c1. The van der Waals surface area contributed by atoms with E-state index in [-0.39, 0.29) is 0 Å². The van der Waals surface area contributed by atoms with Crippen molar-refractivity contribution >= 4 is 86.7 Å². The zero-order valence-electron chi connectivity index (χ0n) is 28.7. The van der Waals surface area contributed by atoms with E-state index in [0.717, 1.165) is 55.5 Å². The van der Waals surface area contributed by atoms with Gasteiger partial charge in [0.25, 0.3) is 0 Å². The van der Waals surface area contributed by atoms with Gasteiger partial charge in [-0.2, -0.15) is 5.26 Å². The van der Waals surface area contributed by atoms with E-state index in [1.54, 1.807) is 0 Å². The number of hydrogen-bond donors (Lipinski definition) is 1. The molecule has 0 fully saturated rings. The normalized spacial score (nSPS) is 14.5. The summed E-state index contributed by atoms with van der Waals surface area (Å²) < 4.78 is 4.70. The summed E-state index contributed by atoms with van der Waals surface area (Å²) in [4.78, 5) is 15.5. The molecule has 0 bridgehead atoms. The molecular weight excluding hydrogens is 681 g/mol. The van der Waals surface area contributed by atoms with Crippen LogP contribution in [0.1, 0.15) is 23.0 Å². The van der Waals surface area contributed by atoms with Crippen molar-refractivity contribution in [3.63, 3.8) is 0 Å². The third-order valence-electron chi connectivity index (χ3n) is 10.5. The number of nitriles is 1. The van der Waals surface area contributed by atoms with Crippen molar-refractivity contribution < 1.29 is 0 Å². The van der Waals surface area contributed by atoms with Gasteiger partial charge in [-0.25, -0.2) is 15.0 Å². The average Bonchev–Trinajstić information content (AvgIpc) is 3.79. The van der Waals surface area contributed by atoms with Crippen molar-refractivity contribution in [1.82, 2.24) is 14.9 Å². The molecule has 1 aliphatic heterocycles. The van der Waals surface area contributed by atoms with Gasteiger partial charge in [0, 0.05) is 63.8 Å². The Balaban J connectivity index is 1.12. The van der Waals surface area contributed by atoms with E-state index in [2.05, 4.69) is 143 Å². The minimum atomic E-state index is -0.489. The summed E-state index contributed by atoms with van der Waals surface area (Å²) in [6, 6.07) is 56.7. The highest BCUT2D eigenvalue weighted by Gasteiger charge is 2.25. The maximum Gasteiger partial charge on any atom is 0.204 e. The van der Waals surface area contributed by atoms with Gasteiger partial charge < -0.3 is 9.88 Å². The largest absolute Gasteiger partial charge is 0.331 e. The molecule has 0 saturated heterocycles. The molecule has 54 heavy (non-hydrogen) atoms. The van der Waals surface area contributed by atoms with Crippen LogP contribution >= 0.6 is 11.3 Å². The Morgan fingerprint density at radius 3 is 2.09 bits per heavy atom. The summed E-state index contributed by atoms with van der Waals surface area (Å²) in [6.07, 6.45) is -0.489. The Bertz CT molecular complexity index is 3220. The molecule has 1 atom stereocenters. The maximum atomic E-state index is 9.75. The van der Waals surface area contributed by atoms with Gasteiger partial charge in [0.15, 0.2) is 5.84 Å². The zero-order chi connectivity index (χ0) is 35.8. The van der Waals surface area contributed by atoms with Crippen LogP contribution < -0.4 is 5.32 Å². The molecule has 0 amide bonds. The number of fused-ring (bicyclic) bond motifs is 10.